The van der Waals surface area contributed by atoms with Crippen LogP contribution in [0.1, 0.15) is 57.1 Å². The molecule has 0 saturated carbocycles. The second-order valence-electron chi connectivity index (χ2n) is 4.72. The fourth-order valence-electron chi connectivity index (χ4n) is 2.03. The summed E-state index contributed by atoms with van der Waals surface area (Å²) >= 11 is 0. The third-order valence-corrected chi connectivity index (χ3v) is 3.15. The minimum atomic E-state index is -0.165. The second-order valence-corrected chi connectivity index (χ2v) is 4.72. The minimum absolute atomic E-state index is 0.0554. The maximum Gasteiger partial charge on any atom is 0.105 e. The SMILES string of the molecule is CCCCCCCCOC(CO)c1ccccc1. The summed E-state index contributed by atoms with van der Waals surface area (Å²) in [5.41, 5.74) is 1.06. The normalized spacial score (nSPS) is 12.6. The molecule has 0 bridgehead atoms. The molecule has 1 aromatic carbocycles. The Morgan fingerprint density at radius 2 is 1.67 bits per heavy atom. The highest BCUT2D eigenvalue weighted by Gasteiger charge is 2.09. The van der Waals surface area contributed by atoms with Crippen LogP contribution < -0.4 is 0 Å². The van der Waals surface area contributed by atoms with Crippen molar-refractivity contribution in [2.24, 2.45) is 0 Å². The van der Waals surface area contributed by atoms with Gasteiger partial charge >= 0.3 is 0 Å². The summed E-state index contributed by atoms with van der Waals surface area (Å²) in [5, 5.41) is 9.33. The van der Waals surface area contributed by atoms with Crippen LogP contribution in [0.15, 0.2) is 30.3 Å². The molecule has 2 heteroatoms. The predicted octanol–water partition coefficient (Wildman–Crippen LogP) is 4.10. The summed E-state index contributed by atoms with van der Waals surface area (Å²) in [6.45, 7) is 3.03. The van der Waals surface area contributed by atoms with E-state index in [1.54, 1.807) is 0 Å². The molecule has 102 valence electrons. The molecule has 1 N–H and O–H groups in total. The number of hydrogen-bond acceptors (Lipinski definition) is 2. The number of rotatable bonds is 10. The lowest BCUT2D eigenvalue weighted by atomic mass is 10.1. The summed E-state index contributed by atoms with van der Waals surface area (Å²) in [6, 6.07) is 9.94. The van der Waals surface area contributed by atoms with Crippen molar-refractivity contribution >= 4 is 0 Å². The highest BCUT2D eigenvalue weighted by molar-refractivity contribution is 5.17. The van der Waals surface area contributed by atoms with Gasteiger partial charge in [-0.3, -0.25) is 0 Å². The number of benzene rings is 1. The van der Waals surface area contributed by atoms with Crippen LogP contribution in [0, 0.1) is 0 Å². The Morgan fingerprint density at radius 1 is 1.00 bits per heavy atom. The molecule has 0 aliphatic heterocycles. The highest BCUT2D eigenvalue weighted by Crippen LogP contribution is 2.17. The minimum Gasteiger partial charge on any atom is -0.393 e. The van der Waals surface area contributed by atoms with Crippen LogP contribution in [0.5, 0.6) is 0 Å². The number of unbranched alkanes of at least 4 members (excludes halogenated alkanes) is 5. The number of aliphatic hydroxyl groups is 1. The summed E-state index contributed by atoms with van der Waals surface area (Å²) < 4.78 is 5.73. The Bertz CT molecular complexity index is 284. The third kappa shape index (κ3) is 6.18. The molecular weight excluding hydrogens is 224 g/mol. The average Bonchev–Trinajstić information content (AvgIpc) is 2.43. The molecule has 1 rings (SSSR count). The summed E-state index contributed by atoms with van der Waals surface area (Å²) in [6.07, 6.45) is 7.41. The molecule has 0 amide bonds. The van der Waals surface area contributed by atoms with E-state index in [0.29, 0.717) is 0 Å². The van der Waals surface area contributed by atoms with Crippen molar-refractivity contribution in [2.45, 2.75) is 51.6 Å². The van der Waals surface area contributed by atoms with Gasteiger partial charge < -0.3 is 9.84 Å². The smallest absolute Gasteiger partial charge is 0.105 e. The topological polar surface area (TPSA) is 29.5 Å². The van der Waals surface area contributed by atoms with Gasteiger partial charge in [-0.1, -0.05) is 69.4 Å². The predicted molar refractivity (Wildman–Crippen MR) is 75.6 cm³/mol. The Morgan fingerprint density at radius 3 is 2.33 bits per heavy atom. The van der Waals surface area contributed by atoms with Crippen molar-refractivity contribution in [2.75, 3.05) is 13.2 Å². The van der Waals surface area contributed by atoms with Crippen molar-refractivity contribution in [3.05, 3.63) is 35.9 Å². The van der Waals surface area contributed by atoms with Crippen LogP contribution >= 0.6 is 0 Å². The van der Waals surface area contributed by atoms with E-state index in [0.717, 1.165) is 18.6 Å². The molecule has 18 heavy (non-hydrogen) atoms. The molecule has 0 aromatic heterocycles. The van der Waals surface area contributed by atoms with Gasteiger partial charge in [0.15, 0.2) is 0 Å². The second kappa shape index (κ2) is 10.1. The average molecular weight is 250 g/mol. The Balaban J connectivity index is 2.13. The zero-order valence-corrected chi connectivity index (χ0v) is 11.5. The lowest BCUT2D eigenvalue weighted by Gasteiger charge is -2.15. The van der Waals surface area contributed by atoms with Crippen LogP contribution in [0.4, 0.5) is 0 Å². The first-order valence-corrected chi connectivity index (χ1v) is 7.16. The van der Waals surface area contributed by atoms with E-state index in [9.17, 15) is 5.11 Å². The van der Waals surface area contributed by atoms with E-state index in [2.05, 4.69) is 6.92 Å². The standard InChI is InChI=1S/C16H26O2/c1-2-3-4-5-6-10-13-18-16(14-17)15-11-8-7-9-12-15/h7-9,11-12,16-17H,2-6,10,13-14H2,1H3. The van der Waals surface area contributed by atoms with Gasteiger partial charge in [-0.05, 0) is 12.0 Å². The quantitative estimate of drug-likeness (QED) is 0.634. The monoisotopic (exact) mass is 250 g/mol. The maximum absolute atomic E-state index is 9.33. The van der Waals surface area contributed by atoms with E-state index >= 15 is 0 Å². The Labute approximate surface area is 111 Å². The molecule has 0 fully saturated rings. The molecule has 1 aromatic rings. The van der Waals surface area contributed by atoms with E-state index in [4.69, 9.17) is 4.74 Å². The van der Waals surface area contributed by atoms with Gasteiger partial charge in [0.05, 0.1) is 6.61 Å². The van der Waals surface area contributed by atoms with Gasteiger partial charge in [0, 0.05) is 6.61 Å². The molecule has 0 aliphatic rings. The van der Waals surface area contributed by atoms with E-state index in [-0.39, 0.29) is 12.7 Å². The van der Waals surface area contributed by atoms with Crippen molar-refractivity contribution < 1.29 is 9.84 Å². The van der Waals surface area contributed by atoms with E-state index < -0.39 is 0 Å². The molecule has 1 atom stereocenters. The largest absolute Gasteiger partial charge is 0.393 e. The maximum atomic E-state index is 9.33. The zero-order valence-electron chi connectivity index (χ0n) is 11.5. The number of aliphatic hydroxyl groups excluding tert-OH is 1. The van der Waals surface area contributed by atoms with Gasteiger partial charge in [-0.15, -0.1) is 0 Å². The van der Waals surface area contributed by atoms with Crippen LogP contribution in [-0.2, 0) is 4.74 Å². The first kappa shape index (κ1) is 15.2. The van der Waals surface area contributed by atoms with Crippen molar-refractivity contribution in [1.29, 1.82) is 0 Å². The third-order valence-electron chi connectivity index (χ3n) is 3.15. The fourth-order valence-corrected chi connectivity index (χ4v) is 2.03. The van der Waals surface area contributed by atoms with Gasteiger partial charge in [0.1, 0.15) is 6.10 Å². The van der Waals surface area contributed by atoms with Crippen molar-refractivity contribution in [3.63, 3.8) is 0 Å². The number of hydrogen-bond donors (Lipinski definition) is 1. The lowest BCUT2D eigenvalue weighted by molar-refractivity contribution is 0.00986. The molecule has 2 nitrogen and oxygen atoms in total. The van der Waals surface area contributed by atoms with Gasteiger partial charge in [-0.2, -0.15) is 0 Å². The van der Waals surface area contributed by atoms with E-state index in [1.807, 2.05) is 30.3 Å². The van der Waals surface area contributed by atoms with Crippen LogP contribution in [-0.4, -0.2) is 18.3 Å². The summed E-state index contributed by atoms with van der Waals surface area (Å²) in [5.74, 6) is 0. The fraction of sp³-hybridized carbons (Fsp3) is 0.625. The first-order valence-electron chi connectivity index (χ1n) is 7.16. The molecule has 0 saturated heterocycles. The zero-order chi connectivity index (χ0) is 13.1. The van der Waals surface area contributed by atoms with Crippen molar-refractivity contribution in [1.82, 2.24) is 0 Å². The molecule has 0 spiro atoms. The van der Waals surface area contributed by atoms with Gasteiger partial charge in [0.25, 0.3) is 0 Å². The van der Waals surface area contributed by atoms with Crippen molar-refractivity contribution in [3.8, 4) is 0 Å². The van der Waals surface area contributed by atoms with Crippen LogP contribution in [0.25, 0.3) is 0 Å². The van der Waals surface area contributed by atoms with Crippen LogP contribution in [0.3, 0.4) is 0 Å². The van der Waals surface area contributed by atoms with Gasteiger partial charge in [0.2, 0.25) is 0 Å². The molecule has 1 unspecified atom stereocenters. The molecule has 0 aliphatic carbocycles. The molecule has 0 heterocycles. The Hall–Kier alpha value is -0.860. The summed E-state index contributed by atoms with van der Waals surface area (Å²) in [4.78, 5) is 0. The molecular formula is C16H26O2. The highest BCUT2D eigenvalue weighted by atomic mass is 16.5. The molecule has 0 radical (unpaired) electrons. The lowest BCUT2D eigenvalue weighted by Crippen LogP contribution is -2.09. The van der Waals surface area contributed by atoms with Crippen LogP contribution in [0.2, 0.25) is 0 Å². The van der Waals surface area contributed by atoms with Gasteiger partial charge in [-0.25, -0.2) is 0 Å². The number of ether oxygens (including phenoxy) is 1. The first-order chi connectivity index (χ1) is 8.88. The Kier molecular flexibility index (Phi) is 8.53. The summed E-state index contributed by atoms with van der Waals surface area (Å²) in [7, 11) is 0. The van der Waals surface area contributed by atoms with E-state index in [1.165, 1.54) is 32.1 Å².